The van der Waals surface area contributed by atoms with Crippen molar-refractivity contribution in [1.29, 1.82) is 0 Å². The summed E-state index contributed by atoms with van der Waals surface area (Å²) < 4.78 is 25.3. The lowest BCUT2D eigenvalue weighted by atomic mass is 9.98. The number of anilines is 1. The number of ether oxygens (including phenoxy) is 1. The molecule has 1 N–H and O–H groups in total. The number of amides is 2. The van der Waals surface area contributed by atoms with Gasteiger partial charge in [0.2, 0.25) is 0 Å². The van der Waals surface area contributed by atoms with E-state index in [9.17, 15) is 14.0 Å². The minimum atomic E-state index is -0.377. The molecule has 1 aliphatic rings. The quantitative estimate of drug-likeness (QED) is 0.242. The number of rotatable bonds is 7. The van der Waals surface area contributed by atoms with E-state index in [2.05, 4.69) is 5.32 Å². The average Bonchev–Trinajstić information content (AvgIpc) is 3.75. The zero-order chi connectivity index (χ0) is 27.8. The number of para-hydroxylation sites is 1. The third kappa shape index (κ3) is 4.60. The fourth-order valence-corrected chi connectivity index (χ4v) is 5.04. The van der Waals surface area contributed by atoms with Crippen LogP contribution in [0, 0.1) is 5.82 Å². The van der Waals surface area contributed by atoms with Crippen LogP contribution in [0.15, 0.2) is 95.4 Å². The van der Waals surface area contributed by atoms with Crippen molar-refractivity contribution in [3.8, 4) is 28.2 Å². The minimum Gasteiger partial charge on any atom is -0.496 e. The van der Waals surface area contributed by atoms with E-state index in [4.69, 9.17) is 9.15 Å². The molecule has 0 spiro atoms. The number of furan rings is 1. The van der Waals surface area contributed by atoms with Crippen LogP contribution in [0.5, 0.6) is 5.75 Å². The molecule has 0 radical (unpaired) electrons. The molecule has 0 saturated heterocycles. The molecule has 0 unspecified atom stereocenters. The molecule has 6 nitrogen and oxygen atoms in total. The summed E-state index contributed by atoms with van der Waals surface area (Å²) in [5.74, 6) is 0.168. The number of nitrogens with zero attached hydrogens (tertiary/aromatic N) is 1. The maximum Gasteiger partial charge on any atom is 0.258 e. The van der Waals surface area contributed by atoms with Gasteiger partial charge in [0.05, 0.1) is 12.7 Å². The van der Waals surface area contributed by atoms with Crippen molar-refractivity contribution in [1.82, 2.24) is 5.32 Å². The van der Waals surface area contributed by atoms with Gasteiger partial charge in [-0.1, -0.05) is 24.3 Å². The molecule has 0 aliphatic heterocycles. The van der Waals surface area contributed by atoms with Gasteiger partial charge >= 0.3 is 0 Å². The number of fused-ring (bicyclic) bond motifs is 1. The number of hydrogen-bond acceptors (Lipinski definition) is 4. The first-order chi connectivity index (χ1) is 19.5. The van der Waals surface area contributed by atoms with Crippen LogP contribution in [-0.4, -0.2) is 32.0 Å². The highest BCUT2D eigenvalue weighted by molar-refractivity contribution is 6.12. The molecule has 6 rings (SSSR count). The highest BCUT2D eigenvalue weighted by atomic mass is 19.1. The van der Waals surface area contributed by atoms with Crippen LogP contribution < -0.4 is 15.0 Å². The van der Waals surface area contributed by atoms with E-state index in [0.29, 0.717) is 44.7 Å². The van der Waals surface area contributed by atoms with Gasteiger partial charge in [-0.2, -0.15) is 0 Å². The molecule has 1 aromatic heterocycles. The first-order valence-corrected chi connectivity index (χ1v) is 13.1. The van der Waals surface area contributed by atoms with Gasteiger partial charge in [-0.25, -0.2) is 4.39 Å². The molecule has 1 heterocycles. The predicted octanol–water partition coefficient (Wildman–Crippen LogP) is 7.08. The van der Waals surface area contributed by atoms with E-state index in [1.807, 2.05) is 53.4 Å². The number of methoxy groups -OCH3 is 1. The van der Waals surface area contributed by atoms with Gasteiger partial charge in [-0.3, -0.25) is 9.59 Å². The molecular weight excluding hydrogens is 507 g/mol. The molecule has 5 aromatic rings. The van der Waals surface area contributed by atoms with Crippen LogP contribution in [0.3, 0.4) is 0 Å². The summed E-state index contributed by atoms with van der Waals surface area (Å²) in [5.41, 5.74) is 4.33. The Bertz CT molecular complexity index is 1720. The fraction of sp³-hybridized carbons (Fsp3) is 0.152. The second-order valence-electron chi connectivity index (χ2n) is 9.76. The largest absolute Gasteiger partial charge is 0.496 e. The van der Waals surface area contributed by atoms with E-state index in [1.165, 1.54) is 12.1 Å². The van der Waals surface area contributed by atoms with Crippen LogP contribution in [0.2, 0.25) is 0 Å². The third-order valence-corrected chi connectivity index (χ3v) is 7.17. The Morgan fingerprint density at radius 3 is 2.33 bits per heavy atom. The van der Waals surface area contributed by atoms with Crippen molar-refractivity contribution in [2.24, 2.45) is 0 Å². The molecule has 4 aromatic carbocycles. The minimum absolute atomic E-state index is 0.0772. The van der Waals surface area contributed by atoms with Gasteiger partial charge in [-0.05, 0) is 85.1 Å². The van der Waals surface area contributed by atoms with Gasteiger partial charge < -0.3 is 19.4 Å². The zero-order valence-electron chi connectivity index (χ0n) is 22.1. The van der Waals surface area contributed by atoms with Crippen molar-refractivity contribution in [3.63, 3.8) is 0 Å². The maximum absolute atomic E-state index is 13.8. The average molecular weight is 535 g/mol. The molecule has 7 heteroatoms. The molecule has 200 valence electrons. The fourth-order valence-electron chi connectivity index (χ4n) is 5.04. The number of carbonyl (C=O) groups excluding carboxylic acids is 2. The molecule has 1 saturated carbocycles. The summed E-state index contributed by atoms with van der Waals surface area (Å²) in [7, 11) is 3.13. The highest BCUT2D eigenvalue weighted by Crippen LogP contribution is 2.39. The third-order valence-electron chi connectivity index (χ3n) is 7.17. The first kappa shape index (κ1) is 25.4. The Labute approximate surface area is 231 Å². The Balaban J connectivity index is 1.46. The molecule has 40 heavy (non-hydrogen) atoms. The van der Waals surface area contributed by atoms with E-state index < -0.39 is 0 Å². The number of nitrogens with one attached hydrogen (secondary N) is 1. The van der Waals surface area contributed by atoms with Crippen LogP contribution in [0.1, 0.15) is 33.6 Å². The van der Waals surface area contributed by atoms with Crippen LogP contribution in [-0.2, 0) is 0 Å². The van der Waals surface area contributed by atoms with Crippen LogP contribution in [0.25, 0.3) is 33.4 Å². The lowest BCUT2D eigenvalue weighted by Gasteiger charge is -2.23. The van der Waals surface area contributed by atoms with E-state index >= 15 is 0 Å². The highest BCUT2D eigenvalue weighted by Gasteiger charge is 2.34. The van der Waals surface area contributed by atoms with Crippen molar-refractivity contribution in [2.75, 3.05) is 19.1 Å². The molecule has 1 aliphatic carbocycles. The molecule has 0 atom stereocenters. The normalized spacial score (nSPS) is 12.8. The van der Waals surface area contributed by atoms with Gasteiger partial charge in [-0.15, -0.1) is 0 Å². The van der Waals surface area contributed by atoms with Gasteiger partial charge in [0.1, 0.15) is 22.9 Å². The number of carbonyl (C=O) groups is 2. The lowest BCUT2D eigenvalue weighted by Crippen LogP contribution is -2.33. The summed E-state index contributed by atoms with van der Waals surface area (Å²) in [4.78, 5) is 28.7. The lowest BCUT2D eigenvalue weighted by molar-refractivity contribution is 0.0962. The van der Waals surface area contributed by atoms with Crippen molar-refractivity contribution in [2.45, 2.75) is 18.9 Å². The first-order valence-electron chi connectivity index (χ1n) is 13.1. The van der Waals surface area contributed by atoms with E-state index in [0.717, 1.165) is 24.1 Å². The standard InChI is InChI=1S/C33H27FN2O4/c1-35-32(37)30-27-18-21(10-17-29(27)40-31(30)20-8-12-23(34)13-9-20)26-19-22(11-16-28(26)39-2)33(38)36(25-14-15-25)24-6-4-3-5-7-24/h3-13,16-19,25H,14-15H2,1-2H3,(H,35,37). The van der Waals surface area contributed by atoms with Crippen molar-refractivity contribution in [3.05, 3.63) is 108 Å². The Morgan fingerprint density at radius 1 is 0.925 bits per heavy atom. The van der Waals surface area contributed by atoms with Gasteiger partial charge in [0, 0.05) is 40.9 Å². The zero-order valence-corrected chi connectivity index (χ0v) is 22.1. The summed E-state index contributed by atoms with van der Waals surface area (Å²) >= 11 is 0. The topological polar surface area (TPSA) is 71.8 Å². The maximum atomic E-state index is 13.8. The molecule has 1 fully saturated rings. The van der Waals surface area contributed by atoms with Crippen LogP contribution in [0.4, 0.5) is 10.1 Å². The monoisotopic (exact) mass is 534 g/mol. The summed E-state index contributed by atoms with van der Waals surface area (Å²) in [5, 5.41) is 3.28. The SMILES string of the molecule is CNC(=O)c1c(-c2ccc(F)cc2)oc2ccc(-c3cc(C(=O)N(c4ccccc4)C4CC4)ccc3OC)cc12. The molecule has 0 bridgehead atoms. The van der Waals surface area contributed by atoms with Crippen molar-refractivity contribution < 1.29 is 23.1 Å². The number of benzene rings is 4. The smallest absolute Gasteiger partial charge is 0.258 e. The van der Waals surface area contributed by atoms with E-state index in [1.54, 1.807) is 44.5 Å². The van der Waals surface area contributed by atoms with E-state index in [-0.39, 0.29) is 23.7 Å². The van der Waals surface area contributed by atoms with Gasteiger partial charge in [0.25, 0.3) is 11.8 Å². The van der Waals surface area contributed by atoms with Crippen LogP contribution >= 0.6 is 0 Å². The predicted molar refractivity (Wildman–Crippen MR) is 153 cm³/mol. The number of hydrogen-bond donors (Lipinski definition) is 1. The number of halogens is 1. The Morgan fingerprint density at radius 2 is 1.65 bits per heavy atom. The molecular formula is C33H27FN2O4. The molecule has 2 amide bonds. The van der Waals surface area contributed by atoms with Gasteiger partial charge in [0.15, 0.2) is 0 Å². The Kier molecular flexibility index (Phi) is 6.56. The second-order valence-corrected chi connectivity index (χ2v) is 9.76. The Hall–Kier alpha value is -4.91. The second kappa shape index (κ2) is 10.3. The summed E-state index contributed by atoms with van der Waals surface area (Å²) in [6, 6.07) is 26.6. The summed E-state index contributed by atoms with van der Waals surface area (Å²) in [6.45, 7) is 0. The summed E-state index contributed by atoms with van der Waals surface area (Å²) in [6.07, 6.45) is 1.94. The van der Waals surface area contributed by atoms with Crippen molar-refractivity contribution >= 4 is 28.5 Å².